The average Bonchev–Trinajstić information content (AvgIpc) is 2.84. The Labute approximate surface area is 99.4 Å². The topological polar surface area (TPSA) is 48.9 Å². The Morgan fingerprint density at radius 3 is 2.88 bits per heavy atom. The molecule has 1 unspecified atom stereocenters. The Kier molecular flexibility index (Phi) is 1.79. The predicted octanol–water partition coefficient (Wildman–Crippen LogP) is 2.28. The van der Waals surface area contributed by atoms with Crippen LogP contribution >= 0.6 is 0 Å². The second kappa shape index (κ2) is 3.76. The van der Waals surface area contributed by atoms with Crippen LogP contribution in [0, 0.1) is 13.8 Å². The largest absolute Gasteiger partial charge is 0.379 e. The molecule has 0 saturated heterocycles. The van der Waals surface area contributed by atoms with Gasteiger partial charge in [0.15, 0.2) is 0 Å². The number of H-pyrrole nitrogens is 1. The highest BCUT2D eigenvalue weighted by atomic mass is 16.3. The zero-order chi connectivity index (χ0) is 14.3. The molecule has 0 amide bonds. The molecule has 84 valence electrons. The van der Waals surface area contributed by atoms with Gasteiger partial charge in [0, 0.05) is 4.11 Å². The van der Waals surface area contributed by atoms with Gasteiger partial charge < -0.3 is 10.1 Å². The molecule has 0 aliphatic carbocycles. The number of aliphatic hydroxyl groups is 1. The van der Waals surface area contributed by atoms with Crippen LogP contribution in [0.25, 0.3) is 0 Å². The van der Waals surface area contributed by atoms with Crippen molar-refractivity contribution in [2.45, 2.75) is 26.3 Å². The van der Waals surface area contributed by atoms with Crippen molar-refractivity contribution in [3.05, 3.63) is 53.1 Å². The first-order valence-corrected chi connectivity index (χ1v) is 5.06. The van der Waals surface area contributed by atoms with Gasteiger partial charge in [-0.2, -0.15) is 0 Å². The van der Waals surface area contributed by atoms with Gasteiger partial charge in [0.25, 0.3) is 0 Å². The zero-order valence-electron chi connectivity index (χ0n) is 12.3. The molecule has 0 bridgehead atoms. The van der Waals surface area contributed by atoms with E-state index in [-0.39, 0.29) is 5.69 Å². The third-order valence-electron chi connectivity index (χ3n) is 2.88. The van der Waals surface area contributed by atoms with Gasteiger partial charge in [0.1, 0.15) is 5.60 Å². The lowest BCUT2D eigenvalue weighted by Gasteiger charge is -2.25. The summed E-state index contributed by atoms with van der Waals surface area (Å²) in [4.78, 5) is 6.52. The summed E-state index contributed by atoms with van der Waals surface area (Å²) >= 11 is 0. The van der Waals surface area contributed by atoms with Gasteiger partial charge in [0.2, 0.25) is 0 Å². The van der Waals surface area contributed by atoms with Gasteiger partial charge in [-0.1, -0.05) is 18.2 Å². The van der Waals surface area contributed by atoms with E-state index in [1.807, 2.05) is 13.0 Å². The predicted molar refractivity (Wildman–Crippen MR) is 63.2 cm³/mol. The lowest BCUT2D eigenvalue weighted by Crippen LogP contribution is -2.24. The van der Waals surface area contributed by atoms with Gasteiger partial charge in [0.05, 0.1) is 18.2 Å². The van der Waals surface area contributed by atoms with Crippen LogP contribution < -0.4 is 0 Å². The summed E-state index contributed by atoms with van der Waals surface area (Å²) in [6.07, 6.45) is 2.70. The van der Waals surface area contributed by atoms with E-state index >= 15 is 0 Å². The second-order valence-electron chi connectivity index (χ2n) is 3.92. The highest BCUT2D eigenvalue weighted by Crippen LogP contribution is 2.30. The Hall–Kier alpha value is -1.61. The van der Waals surface area contributed by atoms with Crippen molar-refractivity contribution in [2.75, 3.05) is 0 Å². The van der Waals surface area contributed by atoms with Crippen LogP contribution in [0.2, 0.25) is 0 Å². The van der Waals surface area contributed by atoms with Crippen LogP contribution in [0.15, 0.2) is 30.7 Å². The fraction of sp³-hybridized carbons (Fsp3) is 0.308. The van der Waals surface area contributed by atoms with Crippen LogP contribution in [0.4, 0.5) is 0 Å². The fourth-order valence-electron chi connectivity index (χ4n) is 1.74. The summed E-state index contributed by atoms with van der Waals surface area (Å²) in [7, 11) is 0. The molecule has 0 fully saturated rings. The number of aromatic nitrogens is 2. The minimum Gasteiger partial charge on any atom is -0.379 e. The SMILES string of the molecule is [2H]C([2H])([2H])C(O)(c1cnc[nH]1)c1cccc(C)c1C. The first-order chi connectivity index (χ1) is 8.78. The van der Waals surface area contributed by atoms with E-state index < -0.39 is 12.5 Å². The van der Waals surface area contributed by atoms with Crippen molar-refractivity contribution in [3.63, 3.8) is 0 Å². The molecule has 2 rings (SSSR count). The lowest BCUT2D eigenvalue weighted by molar-refractivity contribution is 0.0971. The van der Waals surface area contributed by atoms with Crippen LogP contribution in [0.1, 0.15) is 33.3 Å². The molecule has 0 saturated carbocycles. The van der Waals surface area contributed by atoms with Gasteiger partial charge in [-0.15, -0.1) is 0 Å². The molecular weight excluding hydrogens is 200 g/mol. The maximum Gasteiger partial charge on any atom is 0.128 e. The maximum absolute atomic E-state index is 10.9. The number of rotatable bonds is 2. The van der Waals surface area contributed by atoms with E-state index in [9.17, 15) is 5.11 Å². The number of hydrogen-bond donors (Lipinski definition) is 2. The third-order valence-corrected chi connectivity index (χ3v) is 2.88. The van der Waals surface area contributed by atoms with E-state index in [2.05, 4.69) is 9.97 Å². The number of aromatic amines is 1. The van der Waals surface area contributed by atoms with Crippen LogP contribution in [0.3, 0.4) is 0 Å². The van der Waals surface area contributed by atoms with E-state index in [0.29, 0.717) is 5.56 Å². The molecule has 2 aromatic rings. The smallest absolute Gasteiger partial charge is 0.128 e. The number of imidazole rings is 1. The summed E-state index contributed by atoms with van der Waals surface area (Å²) in [5.41, 5.74) is 0.146. The first-order valence-electron chi connectivity index (χ1n) is 6.56. The standard InChI is InChI=1S/C13H16N2O/c1-9-5-4-6-11(10(9)2)13(3,16)12-7-14-8-15-12/h4-8,16H,1-3H3,(H,14,15)/i3D3. The number of aryl methyl sites for hydroxylation is 1. The molecule has 3 nitrogen and oxygen atoms in total. The Morgan fingerprint density at radius 1 is 1.44 bits per heavy atom. The molecule has 3 heteroatoms. The van der Waals surface area contributed by atoms with Crippen molar-refractivity contribution in [2.24, 2.45) is 0 Å². The molecular formula is C13H16N2O. The number of nitrogens with one attached hydrogen (secondary N) is 1. The van der Waals surface area contributed by atoms with Gasteiger partial charge in [-0.25, -0.2) is 4.98 Å². The van der Waals surface area contributed by atoms with Crippen LogP contribution in [0.5, 0.6) is 0 Å². The lowest BCUT2D eigenvalue weighted by atomic mass is 9.88. The van der Waals surface area contributed by atoms with Crippen molar-refractivity contribution >= 4 is 0 Å². The average molecular weight is 219 g/mol. The quantitative estimate of drug-likeness (QED) is 0.814. The van der Waals surface area contributed by atoms with Gasteiger partial charge >= 0.3 is 0 Å². The third kappa shape index (κ3) is 1.63. The minimum absolute atomic E-state index is 0.168. The summed E-state index contributed by atoms with van der Waals surface area (Å²) < 4.78 is 23.1. The van der Waals surface area contributed by atoms with E-state index in [1.165, 1.54) is 12.5 Å². The van der Waals surface area contributed by atoms with E-state index in [4.69, 9.17) is 4.11 Å². The molecule has 0 aliphatic heterocycles. The second-order valence-corrected chi connectivity index (χ2v) is 3.92. The monoisotopic (exact) mass is 219 g/mol. The summed E-state index contributed by atoms with van der Waals surface area (Å²) in [6, 6.07) is 5.26. The minimum atomic E-state index is -2.60. The summed E-state index contributed by atoms with van der Waals surface area (Å²) in [5.74, 6) is 0. The number of benzene rings is 1. The van der Waals surface area contributed by atoms with Crippen molar-refractivity contribution in [3.8, 4) is 0 Å². The molecule has 0 spiro atoms. The number of hydrogen-bond acceptors (Lipinski definition) is 2. The number of nitrogens with zero attached hydrogens (tertiary/aromatic N) is 1. The summed E-state index contributed by atoms with van der Waals surface area (Å²) in [6.45, 7) is 1.08. The molecule has 0 radical (unpaired) electrons. The Balaban J connectivity index is 2.73. The molecule has 0 aliphatic rings. The molecule has 1 aromatic carbocycles. The van der Waals surface area contributed by atoms with Crippen LogP contribution in [-0.2, 0) is 5.60 Å². The molecule has 1 heterocycles. The Morgan fingerprint density at radius 2 is 2.25 bits per heavy atom. The Bertz CT molecular complexity index is 578. The molecule has 2 N–H and O–H groups in total. The van der Waals surface area contributed by atoms with E-state index in [0.717, 1.165) is 11.1 Å². The van der Waals surface area contributed by atoms with Gasteiger partial charge in [-0.3, -0.25) is 0 Å². The normalized spacial score (nSPS) is 18.3. The van der Waals surface area contributed by atoms with Crippen molar-refractivity contribution in [1.82, 2.24) is 9.97 Å². The highest BCUT2D eigenvalue weighted by Gasteiger charge is 2.28. The summed E-state index contributed by atoms with van der Waals surface area (Å²) in [5, 5.41) is 10.9. The van der Waals surface area contributed by atoms with Crippen molar-refractivity contribution in [1.29, 1.82) is 0 Å². The molecule has 1 atom stereocenters. The zero-order valence-corrected chi connectivity index (χ0v) is 9.28. The van der Waals surface area contributed by atoms with E-state index in [1.54, 1.807) is 19.1 Å². The molecule has 1 aromatic heterocycles. The van der Waals surface area contributed by atoms with Gasteiger partial charge in [-0.05, 0) is 37.4 Å². The van der Waals surface area contributed by atoms with Crippen molar-refractivity contribution < 1.29 is 9.22 Å². The molecule has 16 heavy (non-hydrogen) atoms. The van der Waals surface area contributed by atoms with Crippen LogP contribution in [-0.4, -0.2) is 15.1 Å². The first kappa shape index (κ1) is 7.63. The fourth-order valence-corrected chi connectivity index (χ4v) is 1.74. The maximum atomic E-state index is 10.9. The highest BCUT2D eigenvalue weighted by molar-refractivity contribution is 5.40.